The molecule has 0 radical (unpaired) electrons. The van der Waals surface area contributed by atoms with Gasteiger partial charge in [-0.25, -0.2) is 4.79 Å². The van der Waals surface area contributed by atoms with Gasteiger partial charge in [0, 0.05) is 31.8 Å². The number of hydrogen-bond donors (Lipinski definition) is 0. The Balaban J connectivity index is 1.43. The normalized spacial score (nSPS) is 43.9. The number of cyclic esters (lactones) is 1. The van der Waals surface area contributed by atoms with E-state index in [1.54, 1.807) is 11.6 Å². The molecule has 0 aromatic heterocycles. The first-order chi connectivity index (χ1) is 15.6. The highest BCUT2D eigenvalue weighted by Crippen LogP contribution is 2.67. The van der Waals surface area contributed by atoms with Crippen LogP contribution in [0.3, 0.4) is 0 Å². The fourth-order valence-corrected chi connectivity index (χ4v) is 8.44. The number of fused-ring (bicyclic) bond motifs is 5. The Labute approximate surface area is 196 Å². The molecule has 4 aliphatic carbocycles. The number of ether oxygens (including phenoxy) is 3. The van der Waals surface area contributed by atoms with Crippen LogP contribution in [-0.4, -0.2) is 36.7 Å². The van der Waals surface area contributed by atoms with Crippen molar-refractivity contribution in [2.45, 2.75) is 84.8 Å². The molecule has 5 aliphatic rings. The van der Waals surface area contributed by atoms with Crippen LogP contribution in [0.4, 0.5) is 0 Å². The molecule has 0 aromatic carbocycles. The van der Waals surface area contributed by atoms with E-state index in [1.807, 2.05) is 0 Å². The maximum Gasteiger partial charge on any atom is 0.331 e. The van der Waals surface area contributed by atoms with Crippen LogP contribution in [0, 0.1) is 34.5 Å². The van der Waals surface area contributed by atoms with Crippen molar-refractivity contribution in [3.8, 4) is 0 Å². The molecule has 1 heterocycles. The van der Waals surface area contributed by atoms with Gasteiger partial charge >= 0.3 is 17.9 Å². The van der Waals surface area contributed by atoms with Gasteiger partial charge < -0.3 is 14.2 Å². The summed E-state index contributed by atoms with van der Waals surface area (Å²) in [5.41, 5.74) is 2.63. The number of hydrogen-bond acceptors (Lipinski definition) is 6. The molecule has 33 heavy (non-hydrogen) atoms. The molecule has 0 N–H and O–H groups in total. The Morgan fingerprint density at radius 1 is 1.06 bits per heavy atom. The third kappa shape index (κ3) is 3.55. The molecular weight excluding hydrogens is 420 g/mol. The predicted octanol–water partition coefficient (Wildman–Crippen LogP) is 4.52. The van der Waals surface area contributed by atoms with Crippen LogP contribution in [0.1, 0.15) is 72.6 Å². The van der Waals surface area contributed by atoms with Crippen LogP contribution in [0.25, 0.3) is 0 Å². The van der Waals surface area contributed by atoms with Crippen molar-refractivity contribution < 1.29 is 28.6 Å². The number of allylic oxidation sites excluding steroid dienone is 2. The number of carbonyl (C=O) groups excluding carboxylic acids is 3. The predicted molar refractivity (Wildman–Crippen MR) is 121 cm³/mol. The molecule has 0 aromatic rings. The average Bonchev–Trinajstić information content (AvgIpc) is 3.30. The van der Waals surface area contributed by atoms with E-state index in [0.29, 0.717) is 36.7 Å². The van der Waals surface area contributed by atoms with Crippen LogP contribution in [0.15, 0.2) is 23.3 Å². The summed E-state index contributed by atoms with van der Waals surface area (Å²) in [6.07, 6.45) is 10.5. The summed E-state index contributed by atoms with van der Waals surface area (Å²) in [5.74, 6) is 0.880. The second-order valence-corrected chi connectivity index (χ2v) is 11.4. The van der Waals surface area contributed by atoms with Crippen LogP contribution in [-0.2, 0) is 28.6 Å². The summed E-state index contributed by atoms with van der Waals surface area (Å²) in [7, 11) is 0. The zero-order valence-corrected chi connectivity index (χ0v) is 20.2. The van der Waals surface area contributed by atoms with Crippen molar-refractivity contribution >= 4 is 17.9 Å². The standard InChI is InChI=1S/C27H36O6/c1-15(28)32-19-12-18-5-6-20-22-8-7-21(17-11-25(30)31-14-17)26(22,3)10-9-23(20)27(18,4)24(13-19)33-16(2)29/h8,11,18-21,23-24H,5-7,9-10,12-14H2,1-4H3/t18-,19-,20+,21-,23+,24-,26-,27+/m1/s1. The molecule has 1 aliphatic heterocycles. The molecule has 0 spiro atoms. The quantitative estimate of drug-likeness (QED) is 0.353. The van der Waals surface area contributed by atoms with E-state index in [1.165, 1.54) is 13.8 Å². The average molecular weight is 457 g/mol. The Kier molecular flexibility index (Phi) is 5.49. The zero-order chi connectivity index (χ0) is 23.5. The highest BCUT2D eigenvalue weighted by Gasteiger charge is 2.62. The van der Waals surface area contributed by atoms with E-state index in [4.69, 9.17) is 14.2 Å². The summed E-state index contributed by atoms with van der Waals surface area (Å²) < 4.78 is 16.8. The fraction of sp³-hybridized carbons (Fsp3) is 0.741. The van der Waals surface area contributed by atoms with E-state index in [2.05, 4.69) is 19.9 Å². The summed E-state index contributed by atoms with van der Waals surface area (Å²) in [4.78, 5) is 35.5. The van der Waals surface area contributed by atoms with Gasteiger partial charge in [-0.3, -0.25) is 9.59 Å². The Morgan fingerprint density at radius 2 is 1.82 bits per heavy atom. The minimum absolute atomic E-state index is 0.0655. The van der Waals surface area contributed by atoms with Crippen molar-refractivity contribution in [1.82, 2.24) is 0 Å². The lowest BCUT2D eigenvalue weighted by Crippen LogP contribution is -2.59. The first-order valence-corrected chi connectivity index (χ1v) is 12.5. The van der Waals surface area contributed by atoms with E-state index in [9.17, 15) is 14.4 Å². The Hall–Kier alpha value is -2.11. The van der Waals surface area contributed by atoms with Gasteiger partial charge in [-0.15, -0.1) is 0 Å². The number of rotatable bonds is 3. The zero-order valence-electron chi connectivity index (χ0n) is 20.2. The monoisotopic (exact) mass is 456 g/mol. The molecule has 3 fully saturated rings. The maximum atomic E-state index is 12.1. The van der Waals surface area contributed by atoms with Gasteiger partial charge in [0.15, 0.2) is 0 Å². The SMILES string of the molecule is CC(=O)O[C@@H]1C[C@H]2CC[C@H]3C4=CC[C@H](C5=CC(=O)OC5)[C@@]4(C)CC[C@@H]3[C@@]2(C)[C@H](OC(C)=O)C1. The Bertz CT molecular complexity index is 933. The summed E-state index contributed by atoms with van der Waals surface area (Å²) >= 11 is 0. The summed E-state index contributed by atoms with van der Waals surface area (Å²) in [5, 5.41) is 0. The third-order valence-electron chi connectivity index (χ3n) is 9.86. The highest BCUT2D eigenvalue weighted by molar-refractivity contribution is 5.85. The minimum Gasteiger partial charge on any atom is -0.462 e. The molecule has 8 atom stereocenters. The maximum absolute atomic E-state index is 12.1. The topological polar surface area (TPSA) is 78.9 Å². The van der Waals surface area contributed by atoms with Crippen LogP contribution < -0.4 is 0 Å². The molecule has 180 valence electrons. The number of carbonyl (C=O) groups is 3. The van der Waals surface area contributed by atoms with Crippen molar-refractivity contribution in [3.63, 3.8) is 0 Å². The van der Waals surface area contributed by atoms with Gasteiger partial charge in [-0.2, -0.15) is 0 Å². The lowest BCUT2D eigenvalue weighted by molar-refractivity contribution is -0.195. The van der Waals surface area contributed by atoms with Crippen molar-refractivity contribution in [1.29, 1.82) is 0 Å². The molecule has 0 amide bonds. The van der Waals surface area contributed by atoms with Crippen molar-refractivity contribution in [2.75, 3.05) is 6.61 Å². The van der Waals surface area contributed by atoms with Gasteiger partial charge in [0.05, 0.1) is 0 Å². The molecule has 6 heteroatoms. The first-order valence-electron chi connectivity index (χ1n) is 12.5. The molecule has 5 rings (SSSR count). The molecular formula is C27H36O6. The lowest BCUT2D eigenvalue weighted by Gasteiger charge is -2.61. The second-order valence-electron chi connectivity index (χ2n) is 11.4. The number of esters is 3. The molecule has 3 saturated carbocycles. The molecule has 6 nitrogen and oxygen atoms in total. The molecule has 0 unspecified atom stereocenters. The van der Waals surface area contributed by atoms with Crippen LogP contribution in [0.5, 0.6) is 0 Å². The largest absolute Gasteiger partial charge is 0.462 e. The fourth-order valence-electron chi connectivity index (χ4n) is 8.44. The van der Waals surface area contributed by atoms with Gasteiger partial charge in [-0.1, -0.05) is 25.5 Å². The van der Waals surface area contributed by atoms with E-state index >= 15 is 0 Å². The first kappa shape index (κ1) is 22.7. The second kappa shape index (κ2) is 7.99. The minimum atomic E-state index is -0.266. The van der Waals surface area contributed by atoms with Gasteiger partial charge in [0.1, 0.15) is 18.8 Å². The van der Waals surface area contributed by atoms with Crippen LogP contribution in [0.2, 0.25) is 0 Å². The Morgan fingerprint density at radius 3 is 2.48 bits per heavy atom. The van der Waals surface area contributed by atoms with Gasteiger partial charge in [0.25, 0.3) is 0 Å². The van der Waals surface area contributed by atoms with Crippen molar-refractivity contribution in [3.05, 3.63) is 23.3 Å². The van der Waals surface area contributed by atoms with Crippen LogP contribution >= 0.6 is 0 Å². The smallest absolute Gasteiger partial charge is 0.331 e. The molecule has 0 saturated heterocycles. The van der Waals surface area contributed by atoms with Crippen molar-refractivity contribution in [2.24, 2.45) is 34.5 Å². The van der Waals surface area contributed by atoms with E-state index < -0.39 is 0 Å². The third-order valence-corrected chi connectivity index (χ3v) is 9.86. The lowest BCUT2D eigenvalue weighted by atomic mass is 9.45. The molecule has 0 bridgehead atoms. The highest BCUT2D eigenvalue weighted by atomic mass is 16.6. The summed E-state index contributed by atoms with van der Waals surface area (Å²) in [6, 6.07) is 0. The van der Waals surface area contributed by atoms with E-state index in [-0.39, 0.29) is 40.9 Å². The van der Waals surface area contributed by atoms with Gasteiger partial charge in [0.2, 0.25) is 0 Å². The summed E-state index contributed by atoms with van der Waals surface area (Å²) in [6.45, 7) is 8.07. The van der Waals surface area contributed by atoms with Gasteiger partial charge in [-0.05, 0) is 73.2 Å². The van der Waals surface area contributed by atoms with E-state index in [0.717, 1.165) is 44.1 Å².